The lowest BCUT2D eigenvalue weighted by molar-refractivity contribution is 0.114. The lowest BCUT2D eigenvalue weighted by Crippen LogP contribution is -2.31. The van der Waals surface area contributed by atoms with E-state index in [1.807, 2.05) is 6.07 Å². The summed E-state index contributed by atoms with van der Waals surface area (Å²) >= 11 is 5.97. The molecule has 6 nitrogen and oxygen atoms in total. The molecule has 0 bridgehead atoms. The van der Waals surface area contributed by atoms with Gasteiger partial charge in [-0.25, -0.2) is 13.1 Å². The molecule has 2 aromatic rings. The molecule has 0 amide bonds. The van der Waals surface area contributed by atoms with E-state index in [9.17, 15) is 8.42 Å². The second kappa shape index (κ2) is 8.06. The first-order valence-corrected chi connectivity index (χ1v) is 9.93. The molecule has 1 fully saturated rings. The molecule has 1 heterocycles. The Bertz CT molecular complexity index is 917. The van der Waals surface area contributed by atoms with Crippen molar-refractivity contribution in [2.24, 2.45) is 0 Å². The zero-order valence-corrected chi connectivity index (χ0v) is 15.4. The minimum absolute atomic E-state index is 0.0698. The molecule has 136 valence electrons. The quantitative estimate of drug-likeness (QED) is 0.813. The number of nitrogens with one attached hydrogen (secondary N) is 1. The van der Waals surface area contributed by atoms with E-state index in [0.29, 0.717) is 23.1 Å². The van der Waals surface area contributed by atoms with Gasteiger partial charge >= 0.3 is 0 Å². The normalized spacial score (nSPS) is 17.0. The van der Waals surface area contributed by atoms with Gasteiger partial charge in [0.1, 0.15) is 23.1 Å². The number of hydrogen-bond donors (Lipinski definition) is 1. The zero-order valence-electron chi connectivity index (χ0n) is 13.8. The van der Waals surface area contributed by atoms with Crippen LogP contribution in [0.4, 0.5) is 0 Å². The average Bonchev–Trinajstić information content (AvgIpc) is 3.14. The maximum atomic E-state index is 12.3. The molecule has 1 N–H and O–H groups in total. The fourth-order valence-electron chi connectivity index (χ4n) is 2.60. The number of hydrogen-bond acceptors (Lipinski definition) is 5. The largest absolute Gasteiger partial charge is 0.456 e. The molecule has 0 spiro atoms. The predicted molar refractivity (Wildman–Crippen MR) is 96.8 cm³/mol. The zero-order chi connectivity index (χ0) is 18.6. The number of nitrogens with zero attached hydrogens (tertiary/aromatic N) is 1. The Balaban J connectivity index is 1.70. The van der Waals surface area contributed by atoms with Crippen LogP contribution >= 0.6 is 11.6 Å². The molecule has 0 radical (unpaired) electrons. The Hall–Kier alpha value is -2.11. The van der Waals surface area contributed by atoms with Crippen molar-refractivity contribution in [3.8, 4) is 17.6 Å². The van der Waals surface area contributed by atoms with E-state index in [0.717, 1.165) is 12.8 Å². The van der Waals surface area contributed by atoms with E-state index in [1.165, 1.54) is 24.3 Å². The van der Waals surface area contributed by atoms with Gasteiger partial charge in [-0.05, 0) is 49.2 Å². The minimum Gasteiger partial charge on any atom is -0.456 e. The third-order valence-electron chi connectivity index (χ3n) is 3.97. The number of benzene rings is 2. The Morgan fingerprint density at radius 2 is 2.04 bits per heavy atom. The van der Waals surface area contributed by atoms with Gasteiger partial charge in [0.15, 0.2) is 0 Å². The third-order valence-corrected chi connectivity index (χ3v) is 5.73. The lowest BCUT2D eigenvalue weighted by atomic mass is 10.2. The molecule has 0 aromatic heterocycles. The Labute approximate surface area is 157 Å². The van der Waals surface area contributed by atoms with Crippen molar-refractivity contribution >= 4 is 21.6 Å². The summed E-state index contributed by atoms with van der Waals surface area (Å²) in [5.74, 6) is 0.717. The molecule has 0 saturated carbocycles. The van der Waals surface area contributed by atoms with Crippen molar-refractivity contribution in [2.45, 2.75) is 23.8 Å². The SMILES string of the molecule is N#Cc1c(Cl)cccc1Oc1ccc(S(=O)(=O)NCC2CCCO2)cc1. The lowest BCUT2D eigenvalue weighted by Gasteiger charge is -2.12. The van der Waals surface area contributed by atoms with Gasteiger partial charge in [0.25, 0.3) is 0 Å². The van der Waals surface area contributed by atoms with Crippen LogP contribution in [-0.2, 0) is 14.8 Å². The second-order valence-corrected chi connectivity index (χ2v) is 7.96. The summed E-state index contributed by atoms with van der Waals surface area (Å²) < 4.78 is 38.3. The summed E-state index contributed by atoms with van der Waals surface area (Å²) in [6, 6.07) is 12.8. The number of ether oxygens (including phenoxy) is 2. The molecular weight excluding hydrogens is 376 g/mol. The van der Waals surface area contributed by atoms with Crippen LogP contribution in [0.3, 0.4) is 0 Å². The van der Waals surface area contributed by atoms with Gasteiger partial charge in [-0.2, -0.15) is 5.26 Å². The molecule has 2 aromatic carbocycles. The van der Waals surface area contributed by atoms with Crippen molar-refractivity contribution in [1.29, 1.82) is 5.26 Å². The van der Waals surface area contributed by atoms with E-state index in [-0.39, 0.29) is 23.1 Å². The van der Waals surface area contributed by atoms with Gasteiger partial charge < -0.3 is 9.47 Å². The summed E-state index contributed by atoms with van der Waals surface area (Å²) in [5, 5.41) is 9.46. The van der Waals surface area contributed by atoms with Crippen LogP contribution in [0, 0.1) is 11.3 Å². The first kappa shape index (κ1) is 18.7. The van der Waals surface area contributed by atoms with E-state index in [4.69, 9.17) is 26.3 Å². The van der Waals surface area contributed by atoms with Gasteiger partial charge in [0.05, 0.1) is 16.0 Å². The summed E-state index contributed by atoms with van der Waals surface area (Å²) in [6.07, 6.45) is 1.74. The summed E-state index contributed by atoms with van der Waals surface area (Å²) in [5.41, 5.74) is 0.226. The highest BCUT2D eigenvalue weighted by Crippen LogP contribution is 2.30. The van der Waals surface area contributed by atoms with E-state index >= 15 is 0 Å². The van der Waals surface area contributed by atoms with E-state index in [2.05, 4.69) is 4.72 Å². The van der Waals surface area contributed by atoms with Gasteiger partial charge in [-0.3, -0.25) is 0 Å². The predicted octanol–water partition coefficient (Wildman–Crippen LogP) is 3.46. The topological polar surface area (TPSA) is 88.4 Å². The first-order chi connectivity index (χ1) is 12.5. The Kier molecular flexibility index (Phi) is 5.79. The monoisotopic (exact) mass is 392 g/mol. The second-order valence-electron chi connectivity index (χ2n) is 5.79. The molecule has 0 aliphatic carbocycles. The van der Waals surface area contributed by atoms with Crippen LogP contribution in [0.25, 0.3) is 0 Å². The maximum absolute atomic E-state index is 12.3. The van der Waals surface area contributed by atoms with Crippen LogP contribution in [0.5, 0.6) is 11.5 Å². The summed E-state index contributed by atoms with van der Waals surface area (Å²) in [6.45, 7) is 0.932. The fraction of sp³-hybridized carbons (Fsp3) is 0.278. The highest BCUT2D eigenvalue weighted by atomic mass is 35.5. The average molecular weight is 393 g/mol. The van der Waals surface area contributed by atoms with Crippen molar-refractivity contribution < 1.29 is 17.9 Å². The highest BCUT2D eigenvalue weighted by molar-refractivity contribution is 7.89. The van der Waals surface area contributed by atoms with Gasteiger partial charge in [0.2, 0.25) is 10.0 Å². The van der Waals surface area contributed by atoms with Crippen LogP contribution in [0.1, 0.15) is 18.4 Å². The first-order valence-electron chi connectivity index (χ1n) is 8.07. The maximum Gasteiger partial charge on any atom is 0.240 e. The summed E-state index contributed by atoms with van der Waals surface area (Å²) in [4.78, 5) is 0.134. The number of halogens is 1. The van der Waals surface area contributed by atoms with Gasteiger partial charge in [-0.1, -0.05) is 17.7 Å². The van der Waals surface area contributed by atoms with Gasteiger partial charge in [-0.15, -0.1) is 0 Å². The molecule has 26 heavy (non-hydrogen) atoms. The molecule has 1 aliphatic heterocycles. The number of nitriles is 1. The van der Waals surface area contributed by atoms with Crippen LogP contribution < -0.4 is 9.46 Å². The Morgan fingerprint density at radius 3 is 2.69 bits per heavy atom. The molecule has 8 heteroatoms. The van der Waals surface area contributed by atoms with Crippen molar-refractivity contribution in [2.75, 3.05) is 13.2 Å². The van der Waals surface area contributed by atoms with Crippen LogP contribution in [-0.4, -0.2) is 27.7 Å². The third kappa shape index (κ3) is 4.34. The molecule has 1 saturated heterocycles. The van der Waals surface area contributed by atoms with Crippen LogP contribution in [0.2, 0.25) is 5.02 Å². The molecule has 1 unspecified atom stereocenters. The van der Waals surface area contributed by atoms with Crippen molar-refractivity contribution in [3.63, 3.8) is 0 Å². The number of rotatable bonds is 6. The van der Waals surface area contributed by atoms with Crippen LogP contribution in [0.15, 0.2) is 47.4 Å². The standard InChI is InChI=1S/C18H17ClN2O4S/c19-17-4-1-5-18(16(17)11-20)25-13-6-8-15(9-7-13)26(22,23)21-12-14-3-2-10-24-14/h1,4-9,14,21H,2-3,10,12H2. The van der Waals surface area contributed by atoms with Crippen molar-refractivity contribution in [3.05, 3.63) is 53.1 Å². The fourth-order valence-corrected chi connectivity index (χ4v) is 3.88. The van der Waals surface area contributed by atoms with Crippen molar-refractivity contribution in [1.82, 2.24) is 4.72 Å². The molecular formula is C18H17ClN2O4S. The number of sulfonamides is 1. The summed E-state index contributed by atoms with van der Waals surface area (Å²) in [7, 11) is -3.62. The smallest absolute Gasteiger partial charge is 0.240 e. The van der Waals surface area contributed by atoms with E-state index in [1.54, 1.807) is 18.2 Å². The molecule has 1 atom stereocenters. The van der Waals surface area contributed by atoms with Gasteiger partial charge in [0, 0.05) is 13.2 Å². The highest BCUT2D eigenvalue weighted by Gasteiger charge is 2.20. The molecule has 3 rings (SSSR count). The minimum atomic E-state index is -3.62. The Morgan fingerprint density at radius 1 is 1.27 bits per heavy atom. The molecule has 1 aliphatic rings. The van der Waals surface area contributed by atoms with E-state index < -0.39 is 10.0 Å².